The Morgan fingerprint density at radius 2 is 1.86 bits per heavy atom. The van der Waals surface area contributed by atoms with Gasteiger partial charge in [0.25, 0.3) is 0 Å². The molecule has 2 aliphatic rings. The van der Waals surface area contributed by atoms with E-state index < -0.39 is 0 Å². The Kier molecular flexibility index (Phi) is 5.73. The number of hydrogen-bond donors (Lipinski definition) is 0. The fourth-order valence-electron chi connectivity index (χ4n) is 4.27. The lowest BCUT2D eigenvalue weighted by atomic mass is 9.96. The number of piperazine rings is 1. The second kappa shape index (κ2) is 8.77. The monoisotopic (exact) mass is 413 g/mol. The first-order chi connectivity index (χ1) is 14.3. The van der Waals surface area contributed by atoms with Gasteiger partial charge in [-0.05, 0) is 43.7 Å². The quantitative estimate of drug-likeness (QED) is 0.588. The lowest BCUT2D eigenvalue weighted by Crippen LogP contribution is -2.46. The molecule has 0 amide bonds. The second-order valence-corrected chi connectivity index (χ2v) is 8.90. The maximum Gasteiger partial charge on any atom is 0.227 e. The smallest absolute Gasteiger partial charge is 0.227 e. The van der Waals surface area contributed by atoms with E-state index in [4.69, 9.17) is 9.05 Å². The summed E-state index contributed by atoms with van der Waals surface area (Å²) in [5, 5.41) is 10.5. The summed E-state index contributed by atoms with van der Waals surface area (Å²) in [6.45, 7) is 6.38. The van der Waals surface area contributed by atoms with E-state index >= 15 is 0 Å². The SMILES string of the molecule is c1csc(-c2noc(CCCN3CCN(Cc4noc5c4CCCC5)CC3)n2)c1. The normalized spacial score (nSPS) is 18.2. The predicted octanol–water partition coefficient (Wildman–Crippen LogP) is 3.42. The number of thiophene rings is 1. The molecular weight excluding hydrogens is 386 g/mol. The minimum atomic E-state index is 0.707. The van der Waals surface area contributed by atoms with Gasteiger partial charge in [0.05, 0.1) is 4.88 Å². The molecule has 5 rings (SSSR count). The van der Waals surface area contributed by atoms with E-state index in [2.05, 4.69) is 25.1 Å². The summed E-state index contributed by atoms with van der Waals surface area (Å²) in [5.74, 6) is 2.58. The zero-order valence-corrected chi connectivity index (χ0v) is 17.5. The fraction of sp³-hybridized carbons (Fsp3) is 0.571. The molecule has 1 aliphatic carbocycles. The van der Waals surface area contributed by atoms with Gasteiger partial charge in [-0.25, -0.2) is 0 Å². The standard InChI is InChI=1S/C21H27N5O2S/c1-2-6-18-16(5-1)17(23-27-18)15-26-12-10-25(11-13-26)9-3-8-20-22-21(24-28-20)19-7-4-14-29-19/h4,7,14H,1-3,5-6,8-13,15H2. The van der Waals surface area contributed by atoms with Crippen LogP contribution >= 0.6 is 11.3 Å². The first-order valence-corrected chi connectivity index (χ1v) is 11.5. The van der Waals surface area contributed by atoms with Crippen LogP contribution < -0.4 is 0 Å². The van der Waals surface area contributed by atoms with Gasteiger partial charge in [-0.1, -0.05) is 16.4 Å². The summed E-state index contributed by atoms with van der Waals surface area (Å²) in [7, 11) is 0. The van der Waals surface area contributed by atoms with Gasteiger partial charge in [-0.3, -0.25) is 4.90 Å². The molecule has 0 bridgehead atoms. The molecule has 1 aliphatic heterocycles. The van der Waals surface area contributed by atoms with E-state index in [0.717, 1.165) is 81.5 Å². The number of hydrogen-bond acceptors (Lipinski definition) is 8. The molecule has 8 heteroatoms. The van der Waals surface area contributed by atoms with Crippen molar-refractivity contribution in [1.29, 1.82) is 0 Å². The van der Waals surface area contributed by atoms with Crippen LogP contribution in [0.15, 0.2) is 26.6 Å². The molecule has 0 saturated carbocycles. The minimum Gasteiger partial charge on any atom is -0.361 e. The third kappa shape index (κ3) is 4.44. The highest BCUT2D eigenvalue weighted by Gasteiger charge is 2.23. The highest BCUT2D eigenvalue weighted by molar-refractivity contribution is 7.13. The minimum absolute atomic E-state index is 0.707. The Hall–Kier alpha value is -2.03. The number of aromatic nitrogens is 3. The van der Waals surface area contributed by atoms with Gasteiger partial charge < -0.3 is 13.9 Å². The lowest BCUT2D eigenvalue weighted by Gasteiger charge is -2.34. The van der Waals surface area contributed by atoms with Crippen LogP contribution in [0.25, 0.3) is 10.7 Å². The van der Waals surface area contributed by atoms with Crippen LogP contribution in [0.2, 0.25) is 0 Å². The first-order valence-electron chi connectivity index (χ1n) is 10.6. The summed E-state index contributed by atoms with van der Waals surface area (Å²) in [5.41, 5.74) is 2.56. The number of rotatable bonds is 7. The molecule has 3 aromatic rings. The van der Waals surface area contributed by atoms with E-state index in [1.165, 1.54) is 24.1 Å². The molecular formula is C21H27N5O2S. The van der Waals surface area contributed by atoms with E-state index in [1.807, 2.05) is 17.5 Å². The van der Waals surface area contributed by atoms with Crippen molar-refractivity contribution in [3.8, 4) is 10.7 Å². The zero-order valence-electron chi connectivity index (χ0n) is 16.7. The van der Waals surface area contributed by atoms with Crippen molar-refractivity contribution in [1.82, 2.24) is 25.1 Å². The van der Waals surface area contributed by atoms with Crippen molar-refractivity contribution < 1.29 is 9.05 Å². The molecule has 7 nitrogen and oxygen atoms in total. The molecule has 1 saturated heterocycles. The zero-order chi connectivity index (χ0) is 19.5. The van der Waals surface area contributed by atoms with Crippen LogP contribution in [0.3, 0.4) is 0 Å². The van der Waals surface area contributed by atoms with Crippen LogP contribution in [-0.4, -0.2) is 57.8 Å². The van der Waals surface area contributed by atoms with Crippen LogP contribution in [0, 0.1) is 0 Å². The first kappa shape index (κ1) is 19.0. The highest BCUT2D eigenvalue weighted by Crippen LogP contribution is 2.25. The Morgan fingerprint density at radius 3 is 2.72 bits per heavy atom. The van der Waals surface area contributed by atoms with Crippen molar-refractivity contribution in [3.63, 3.8) is 0 Å². The van der Waals surface area contributed by atoms with Crippen molar-refractivity contribution in [3.05, 3.63) is 40.4 Å². The molecule has 154 valence electrons. The molecule has 0 spiro atoms. The molecule has 0 atom stereocenters. The summed E-state index contributed by atoms with van der Waals surface area (Å²) in [6.07, 6.45) is 6.58. The van der Waals surface area contributed by atoms with Crippen LogP contribution in [0.1, 0.15) is 42.2 Å². The Labute approximate surface area is 174 Å². The number of nitrogens with zero attached hydrogens (tertiary/aromatic N) is 5. The van der Waals surface area contributed by atoms with Crippen molar-refractivity contribution in [2.24, 2.45) is 0 Å². The molecule has 0 N–H and O–H groups in total. The second-order valence-electron chi connectivity index (χ2n) is 7.95. The molecule has 3 aromatic heterocycles. The summed E-state index contributed by atoms with van der Waals surface area (Å²) in [4.78, 5) is 10.6. The summed E-state index contributed by atoms with van der Waals surface area (Å²) in [6, 6.07) is 4.03. The van der Waals surface area contributed by atoms with Crippen molar-refractivity contribution in [2.75, 3.05) is 32.7 Å². The Balaban J connectivity index is 1.05. The lowest BCUT2D eigenvalue weighted by molar-refractivity contribution is 0.123. The molecule has 0 aromatic carbocycles. The third-order valence-corrected chi connectivity index (χ3v) is 6.81. The topological polar surface area (TPSA) is 71.4 Å². The van der Waals surface area contributed by atoms with Gasteiger partial charge in [-0.15, -0.1) is 11.3 Å². The Morgan fingerprint density at radius 1 is 1.00 bits per heavy atom. The number of fused-ring (bicyclic) bond motifs is 1. The molecule has 0 radical (unpaired) electrons. The maximum absolute atomic E-state index is 5.56. The van der Waals surface area contributed by atoms with E-state index in [0.29, 0.717) is 5.82 Å². The third-order valence-electron chi connectivity index (χ3n) is 5.94. The van der Waals surface area contributed by atoms with E-state index in [9.17, 15) is 0 Å². The average molecular weight is 414 g/mol. The Bertz CT molecular complexity index is 912. The number of aryl methyl sites for hydroxylation is 2. The molecule has 4 heterocycles. The van der Waals surface area contributed by atoms with Crippen molar-refractivity contribution >= 4 is 11.3 Å². The largest absolute Gasteiger partial charge is 0.361 e. The predicted molar refractivity (Wildman–Crippen MR) is 111 cm³/mol. The summed E-state index contributed by atoms with van der Waals surface area (Å²) < 4.78 is 11.0. The molecule has 1 fully saturated rings. The van der Waals surface area contributed by atoms with Gasteiger partial charge >= 0.3 is 0 Å². The van der Waals surface area contributed by atoms with Gasteiger partial charge in [-0.2, -0.15) is 4.98 Å². The van der Waals surface area contributed by atoms with Gasteiger partial charge in [0.15, 0.2) is 0 Å². The maximum atomic E-state index is 5.56. The molecule has 29 heavy (non-hydrogen) atoms. The van der Waals surface area contributed by atoms with Crippen LogP contribution in [0.4, 0.5) is 0 Å². The van der Waals surface area contributed by atoms with Crippen LogP contribution in [-0.2, 0) is 25.8 Å². The average Bonchev–Trinajstić information content (AvgIpc) is 3.51. The van der Waals surface area contributed by atoms with Crippen molar-refractivity contribution in [2.45, 2.75) is 45.1 Å². The van der Waals surface area contributed by atoms with Gasteiger partial charge in [0.1, 0.15) is 11.5 Å². The van der Waals surface area contributed by atoms with E-state index in [-0.39, 0.29) is 0 Å². The highest BCUT2D eigenvalue weighted by atomic mass is 32.1. The van der Waals surface area contributed by atoms with E-state index in [1.54, 1.807) is 11.3 Å². The van der Waals surface area contributed by atoms with Gasteiger partial charge in [0.2, 0.25) is 11.7 Å². The van der Waals surface area contributed by atoms with Gasteiger partial charge in [0, 0.05) is 51.1 Å². The summed E-state index contributed by atoms with van der Waals surface area (Å²) >= 11 is 1.64. The van der Waals surface area contributed by atoms with Crippen LogP contribution in [0.5, 0.6) is 0 Å². The fourth-order valence-corrected chi connectivity index (χ4v) is 4.92. The molecule has 0 unspecified atom stereocenters.